The summed E-state index contributed by atoms with van der Waals surface area (Å²) in [6.07, 6.45) is 4.30. The Hall–Kier alpha value is -2.17. The predicted octanol–water partition coefficient (Wildman–Crippen LogP) is 6.30. The number of carbonyl (C=O) groups is 1. The first kappa shape index (κ1) is 24.9. The molecule has 1 unspecified atom stereocenters. The fourth-order valence-corrected chi connectivity index (χ4v) is 5.19. The van der Waals surface area contributed by atoms with Crippen molar-refractivity contribution in [3.8, 4) is 0 Å². The average Bonchev–Trinajstić information content (AvgIpc) is 2.87. The first-order chi connectivity index (χ1) is 16.4. The SMILES string of the molecule is NC(CCN1CCC(Cc2ccccc2)CC1)(C(=O)Cc1ccc(Cl)c(Cl)c1)c1ccccc1. The monoisotopic (exact) mass is 494 g/mol. The lowest BCUT2D eigenvalue weighted by Crippen LogP contribution is -2.49. The maximum Gasteiger partial charge on any atom is 0.161 e. The highest BCUT2D eigenvalue weighted by atomic mass is 35.5. The number of rotatable bonds is 9. The Morgan fingerprint density at radius 2 is 1.53 bits per heavy atom. The van der Waals surface area contributed by atoms with E-state index in [1.165, 1.54) is 18.4 Å². The van der Waals surface area contributed by atoms with Crippen molar-refractivity contribution in [3.05, 3.63) is 106 Å². The van der Waals surface area contributed by atoms with Gasteiger partial charge in [-0.1, -0.05) is 89.9 Å². The molecule has 178 valence electrons. The molecule has 1 saturated heterocycles. The fourth-order valence-electron chi connectivity index (χ4n) is 4.87. The van der Waals surface area contributed by atoms with Gasteiger partial charge in [0, 0.05) is 13.0 Å². The van der Waals surface area contributed by atoms with Gasteiger partial charge in [0.05, 0.1) is 10.0 Å². The summed E-state index contributed by atoms with van der Waals surface area (Å²) in [6, 6.07) is 25.8. The molecule has 3 aromatic rings. The van der Waals surface area contributed by atoms with Gasteiger partial charge < -0.3 is 10.6 Å². The van der Waals surface area contributed by atoms with Gasteiger partial charge in [0.2, 0.25) is 0 Å². The van der Waals surface area contributed by atoms with Crippen molar-refractivity contribution in [2.45, 2.75) is 37.6 Å². The van der Waals surface area contributed by atoms with E-state index in [9.17, 15) is 4.79 Å². The van der Waals surface area contributed by atoms with Gasteiger partial charge in [-0.25, -0.2) is 0 Å². The van der Waals surface area contributed by atoms with E-state index in [1.54, 1.807) is 12.1 Å². The second-order valence-electron chi connectivity index (χ2n) is 9.41. The van der Waals surface area contributed by atoms with Crippen molar-refractivity contribution in [3.63, 3.8) is 0 Å². The van der Waals surface area contributed by atoms with Crippen LogP contribution in [0.25, 0.3) is 0 Å². The first-order valence-electron chi connectivity index (χ1n) is 12.0. The molecule has 5 heteroatoms. The van der Waals surface area contributed by atoms with Crippen LogP contribution in [-0.4, -0.2) is 30.3 Å². The summed E-state index contributed by atoms with van der Waals surface area (Å²) < 4.78 is 0. The van der Waals surface area contributed by atoms with Gasteiger partial charge in [-0.2, -0.15) is 0 Å². The van der Waals surface area contributed by atoms with Crippen molar-refractivity contribution in [2.24, 2.45) is 11.7 Å². The van der Waals surface area contributed by atoms with Crippen molar-refractivity contribution in [2.75, 3.05) is 19.6 Å². The van der Waals surface area contributed by atoms with Crippen LogP contribution in [-0.2, 0) is 23.2 Å². The van der Waals surface area contributed by atoms with Gasteiger partial charge in [-0.3, -0.25) is 4.79 Å². The van der Waals surface area contributed by atoms with Gasteiger partial charge >= 0.3 is 0 Å². The minimum atomic E-state index is -1.05. The second-order valence-corrected chi connectivity index (χ2v) is 10.2. The van der Waals surface area contributed by atoms with Gasteiger partial charge in [-0.05, 0) is 73.5 Å². The number of benzene rings is 3. The third-order valence-electron chi connectivity index (χ3n) is 7.03. The minimum Gasteiger partial charge on any atom is -0.315 e. The fraction of sp³-hybridized carbons (Fsp3) is 0.345. The molecule has 34 heavy (non-hydrogen) atoms. The summed E-state index contributed by atoms with van der Waals surface area (Å²) in [4.78, 5) is 16.0. The topological polar surface area (TPSA) is 46.3 Å². The Morgan fingerprint density at radius 1 is 0.882 bits per heavy atom. The number of ketones is 1. The highest BCUT2D eigenvalue weighted by Crippen LogP contribution is 2.29. The molecule has 0 bridgehead atoms. The maximum atomic E-state index is 13.5. The van der Waals surface area contributed by atoms with E-state index >= 15 is 0 Å². The Morgan fingerprint density at radius 3 is 2.18 bits per heavy atom. The minimum absolute atomic E-state index is 0.00365. The predicted molar refractivity (Wildman–Crippen MR) is 141 cm³/mol. The number of likely N-dealkylation sites (tertiary alicyclic amines) is 1. The van der Waals surface area contributed by atoms with Crippen LogP contribution in [0.5, 0.6) is 0 Å². The van der Waals surface area contributed by atoms with E-state index in [2.05, 4.69) is 35.2 Å². The van der Waals surface area contributed by atoms with E-state index in [0.717, 1.165) is 37.2 Å². The van der Waals surface area contributed by atoms with Crippen molar-refractivity contribution in [1.82, 2.24) is 4.90 Å². The van der Waals surface area contributed by atoms with E-state index in [4.69, 9.17) is 28.9 Å². The maximum absolute atomic E-state index is 13.5. The van der Waals surface area contributed by atoms with Crippen molar-refractivity contribution in [1.29, 1.82) is 0 Å². The molecule has 0 amide bonds. The zero-order chi connectivity index (χ0) is 24.0. The summed E-state index contributed by atoms with van der Waals surface area (Å²) >= 11 is 12.2. The van der Waals surface area contributed by atoms with Gasteiger partial charge in [0.1, 0.15) is 5.54 Å². The van der Waals surface area contributed by atoms with Crippen LogP contribution in [0.2, 0.25) is 10.0 Å². The lowest BCUT2D eigenvalue weighted by atomic mass is 9.80. The van der Waals surface area contributed by atoms with Crippen LogP contribution < -0.4 is 5.73 Å². The van der Waals surface area contributed by atoms with E-state index < -0.39 is 5.54 Å². The summed E-state index contributed by atoms with van der Waals surface area (Å²) in [6.45, 7) is 2.89. The molecule has 3 nitrogen and oxygen atoms in total. The lowest BCUT2D eigenvalue weighted by Gasteiger charge is -2.35. The molecule has 1 aliphatic heterocycles. The summed E-state index contributed by atoms with van der Waals surface area (Å²) in [5, 5.41) is 0.934. The molecule has 0 aromatic heterocycles. The number of carbonyl (C=O) groups excluding carboxylic acids is 1. The molecular weight excluding hydrogens is 463 g/mol. The van der Waals surface area contributed by atoms with Gasteiger partial charge in [-0.15, -0.1) is 0 Å². The number of hydrogen-bond acceptors (Lipinski definition) is 3. The Bertz CT molecular complexity index is 1080. The normalized spacial score (nSPS) is 16.8. The molecule has 1 heterocycles. The van der Waals surface area contributed by atoms with E-state index in [1.807, 2.05) is 36.4 Å². The molecular formula is C29H32Cl2N2O. The molecule has 3 aromatic carbocycles. The number of halogens is 2. The van der Waals surface area contributed by atoms with E-state index in [0.29, 0.717) is 22.4 Å². The highest BCUT2D eigenvalue weighted by molar-refractivity contribution is 6.42. The zero-order valence-corrected chi connectivity index (χ0v) is 20.9. The number of nitrogens with zero attached hydrogens (tertiary/aromatic N) is 1. The molecule has 0 saturated carbocycles. The zero-order valence-electron chi connectivity index (χ0n) is 19.4. The summed E-state index contributed by atoms with van der Waals surface area (Å²) in [5.74, 6) is 0.711. The standard InChI is InChI=1S/C29H32Cl2N2O/c30-26-12-11-24(20-27(26)31)21-28(34)29(32,25-9-5-2-6-10-25)15-18-33-16-13-23(14-17-33)19-22-7-3-1-4-8-22/h1-12,20,23H,13-19,21,32H2. The molecule has 2 N–H and O–H groups in total. The van der Waals surface area contributed by atoms with Crippen LogP contribution in [0.15, 0.2) is 78.9 Å². The largest absolute Gasteiger partial charge is 0.315 e. The van der Waals surface area contributed by atoms with Crippen molar-refractivity contribution < 1.29 is 4.79 Å². The van der Waals surface area contributed by atoms with Crippen LogP contribution in [0, 0.1) is 5.92 Å². The third kappa shape index (κ3) is 6.28. The molecule has 1 aliphatic rings. The molecule has 4 rings (SSSR count). The summed E-state index contributed by atoms with van der Waals surface area (Å²) in [7, 11) is 0. The van der Waals surface area contributed by atoms with Gasteiger partial charge in [0.25, 0.3) is 0 Å². The first-order valence-corrected chi connectivity index (χ1v) is 12.8. The Labute approximate surface area is 212 Å². The van der Waals surface area contributed by atoms with Crippen LogP contribution in [0.4, 0.5) is 0 Å². The van der Waals surface area contributed by atoms with Crippen molar-refractivity contribution >= 4 is 29.0 Å². The number of piperidine rings is 1. The number of Topliss-reactive ketones (excluding diaryl/α,β-unsaturated/α-hetero) is 1. The Kier molecular flexibility index (Phi) is 8.44. The molecule has 0 aliphatic carbocycles. The van der Waals surface area contributed by atoms with Crippen LogP contribution >= 0.6 is 23.2 Å². The quantitative estimate of drug-likeness (QED) is 0.379. The molecule has 1 atom stereocenters. The highest BCUT2D eigenvalue weighted by Gasteiger charge is 2.36. The molecule has 0 spiro atoms. The Balaban J connectivity index is 1.39. The number of nitrogens with two attached hydrogens (primary N) is 1. The molecule has 0 radical (unpaired) electrons. The average molecular weight is 495 g/mol. The third-order valence-corrected chi connectivity index (χ3v) is 7.77. The molecule has 1 fully saturated rings. The summed E-state index contributed by atoms with van der Waals surface area (Å²) in [5.41, 5.74) is 8.94. The number of hydrogen-bond donors (Lipinski definition) is 1. The second kappa shape index (κ2) is 11.5. The van der Waals surface area contributed by atoms with Gasteiger partial charge in [0.15, 0.2) is 5.78 Å². The van der Waals surface area contributed by atoms with E-state index in [-0.39, 0.29) is 12.2 Å². The smallest absolute Gasteiger partial charge is 0.161 e. The van der Waals surface area contributed by atoms with Crippen LogP contribution in [0.1, 0.15) is 36.0 Å². The van der Waals surface area contributed by atoms with Crippen LogP contribution in [0.3, 0.4) is 0 Å². The lowest BCUT2D eigenvalue weighted by molar-refractivity contribution is -0.124.